The van der Waals surface area contributed by atoms with Crippen LogP contribution in [0.3, 0.4) is 0 Å². The fraction of sp³-hybridized carbons (Fsp3) is 1.00. The van der Waals surface area contributed by atoms with Gasteiger partial charge in [0.15, 0.2) is 0 Å². The third-order valence-corrected chi connectivity index (χ3v) is 4.31. The summed E-state index contributed by atoms with van der Waals surface area (Å²) in [5, 5.41) is 3.13. The summed E-state index contributed by atoms with van der Waals surface area (Å²) < 4.78 is 22.7. The fourth-order valence-electron chi connectivity index (χ4n) is 1.75. The Morgan fingerprint density at radius 3 is 2.27 bits per heavy atom. The Balaban J connectivity index is 4.06. The van der Waals surface area contributed by atoms with Gasteiger partial charge >= 0.3 is 0 Å². The molecule has 92 valence electrons. The zero-order chi connectivity index (χ0) is 11.9. The molecule has 3 nitrogen and oxygen atoms in total. The lowest BCUT2D eigenvalue weighted by Crippen LogP contribution is -2.23. The third-order valence-electron chi connectivity index (χ3n) is 2.57. The molecule has 1 atom stereocenters. The predicted octanol–water partition coefficient (Wildman–Crippen LogP) is 1.69. The minimum absolute atomic E-state index is 0.265. The maximum Gasteiger partial charge on any atom is 0.150 e. The van der Waals surface area contributed by atoms with Crippen LogP contribution in [0.15, 0.2) is 0 Å². The quantitative estimate of drug-likeness (QED) is 0.696. The number of hydrogen-bond acceptors (Lipinski definition) is 3. The summed E-state index contributed by atoms with van der Waals surface area (Å²) >= 11 is 0. The van der Waals surface area contributed by atoms with Gasteiger partial charge in [0.05, 0.1) is 5.75 Å². The Labute approximate surface area is 94.6 Å². The minimum atomic E-state index is -2.80. The summed E-state index contributed by atoms with van der Waals surface area (Å²) in [5.74, 6) is 1.72. The average Bonchev–Trinajstić information content (AvgIpc) is 2.14. The SMILES string of the molecule is CCS(=O)(=O)CCC(CNC)CC(C)C. The molecule has 1 N–H and O–H groups in total. The lowest BCUT2D eigenvalue weighted by molar-refractivity contribution is 0.387. The Kier molecular flexibility index (Phi) is 7.18. The van der Waals surface area contributed by atoms with Gasteiger partial charge in [-0.1, -0.05) is 20.8 Å². The lowest BCUT2D eigenvalue weighted by Gasteiger charge is -2.18. The van der Waals surface area contributed by atoms with Gasteiger partial charge in [-0.15, -0.1) is 0 Å². The fourth-order valence-corrected chi connectivity index (χ4v) is 2.73. The van der Waals surface area contributed by atoms with E-state index in [1.807, 2.05) is 7.05 Å². The molecule has 0 spiro atoms. The molecule has 0 radical (unpaired) electrons. The van der Waals surface area contributed by atoms with Crippen molar-refractivity contribution in [2.75, 3.05) is 25.1 Å². The molecule has 0 bridgehead atoms. The first-order chi connectivity index (χ1) is 6.91. The molecule has 0 amide bonds. The van der Waals surface area contributed by atoms with Crippen molar-refractivity contribution in [2.24, 2.45) is 11.8 Å². The predicted molar refractivity (Wildman–Crippen MR) is 65.8 cm³/mol. The number of rotatable bonds is 8. The van der Waals surface area contributed by atoms with E-state index in [1.165, 1.54) is 0 Å². The van der Waals surface area contributed by atoms with Gasteiger partial charge in [-0.3, -0.25) is 0 Å². The molecule has 0 fully saturated rings. The van der Waals surface area contributed by atoms with Crippen LogP contribution in [0.25, 0.3) is 0 Å². The van der Waals surface area contributed by atoms with Crippen LogP contribution in [-0.2, 0) is 9.84 Å². The van der Waals surface area contributed by atoms with Crippen molar-refractivity contribution >= 4 is 9.84 Å². The Bertz CT molecular complexity index is 247. The van der Waals surface area contributed by atoms with Crippen molar-refractivity contribution in [1.29, 1.82) is 0 Å². The monoisotopic (exact) mass is 235 g/mol. The average molecular weight is 235 g/mol. The second kappa shape index (κ2) is 7.23. The van der Waals surface area contributed by atoms with Gasteiger partial charge in [0, 0.05) is 5.75 Å². The largest absolute Gasteiger partial charge is 0.319 e. The van der Waals surface area contributed by atoms with Crippen LogP contribution in [0.5, 0.6) is 0 Å². The van der Waals surface area contributed by atoms with Crippen molar-refractivity contribution in [3.05, 3.63) is 0 Å². The van der Waals surface area contributed by atoms with E-state index in [2.05, 4.69) is 19.2 Å². The van der Waals surface area contributed by atoms with E-state index in [0.29, 0.717) is 17.6 Å². The molecule has 0 aliphatic carbocycles. The Hall–Kier alpha value is -0.0900. The van der Waals surface area contributed by atoms with Crippen molar-refractivity contribution in [1.82, 2.24) is 5.32 Å². The van der Waals surface area contributed by atoms with E-state index in [1.54, 1.807) is 6.92 Å². The zero-order valence-corrected chi connectivity index (χ0v) is 11.2. The maximum absolute atomic E-state index is 11.4. The molecule has 0 heterocycles. The van der Waals surface area contributed by atoms with Crippen LogP contribution in [0, 0.1) is 11.8 Å². The van der Waals surface area contributed by atoms with Crippen LogP contribution in [-0.4, -0.2) is 33.5 Å². The topological polar surface area (TPSA) is 46.2 Å². The van der Waals surface area contributed by atoms with Crippen LogP contribution >= 0.6 is 0 Å². The number of hydrogen-bond donors (Lipinski definition) is 1. The van der Waals surface area contributed by atoms with E-state index >= 15 is 0 Å². The summed E-state index contributed by atoms with van der Waals surface area (Å²) in [7, 11) is -0.878. The smallest absolute Gasteiger partial charge is 0.150 e. The van der Waals surface area contributed by atoms with Gasteiger partial charge in [0.1, 0.15) is 9.84 Å². The molecule has 0 aromatic rings. The normalized spacial score (nSPS) is 14.5. The van der Waals surface area contributed by atoms with E-state index in [4.69, 9.17) is 0 Å². The van der Waals surface area contributed by atoms with Crippen LogP contribution < -0.4 is 5.32 Å². The van der Waals surface area contributed by atoms with Gasteiger partial charge in [-0.25, -0.2) is 8.42 Å². The maximum atomic E-state index is 11.4. The molecule has 0 aromatic carbocycles. The number of sulfone groups is 1. The number of nitrogens with one attached hydrogen (secondary N) is 1. The molecule has 0 aliphatic heterocycles. The van der Waals surface area contributed by atoms with E-state index in [9.17, 15) is 8.42 Å². The Morgan fingerprint density at radius 2 is 1.87 bits per heavy atom. The zero-order valence-electron chi connectivity index (χ0n) is 10.4. The minimum Gasteiger partial charge on any atom is -0.319 e. The van der Waals surface area contributed by atoms with Gasteiger partial charge in [0.2, 0.25) is 0 Å². The highest BCUT2D eigenvalue weighted by molar-refractivity contribution is 7.91. The molecule has 1 unspecified atom stereocenters. The van der Waals surface area contributed by atoms with Gasteiger partial charge in [-0.2, -0.15) is 0 Å². The van der Waals surface area contributed by atoms with Crippen molar-refractivity contribution in [2.45, 2.75) is 33.6 Å². The van der Waals surface area contributed by atoms with Crippen molar-refractivity contribution in [3.8, 4) is 0 Å². The highest BCUT2D eigenvalue weighted by atomic mass is 32.2. The van der Waals surface area contributed by atoms with Gasteiger partial charge in [0.25, 0.3) is 0 Å². The van der Waals surface area contributed by atoms with Gasteiger partial charge < -0.3 is 5.32 Å². The molecule has 0 rings (SSSR count). The van der Waals surface area contributed by atoms with Crippen molar-refractivity contribution in [3.63, 3.8) is 0 Å². The molecule has 15 heavy (non-hydrogen) atoms. The highest BCUT2D eigenvalue weighted by Gasteiger charge is 2.14. The summed E-state index contributed by atoms with van der Waals surface area (Å²) in [6.07, 6.45) is 1.88. The first kappa shape index (κ1) is 14.9. The standard InChI is InChI=1S/C11H25NO2S/c1-5-15(13,14)7-6-11(9-12-4)8-10(2)3/h10-12H,5-9H2,1-4H3. The molecule has 0 aromatic heterocycles. The second-order valence-corrected chi connectivity index (χ2v) is 7.05. The summed E-state index contributed by atoms with van der Waals surface area (Å²) in [4.78, 5) is 0. The molecule has 0 aliphatic rings. The van der Waals surface area contributed by atoms with Crippen LogP contribution in [0.4, 0.5) is 0 Å². The van der Waals surface area contributed by atoms with E-state index < -0.39 is 9.84 Å². The highest BCUT2D eigenvalue weighted by Crippen LogP contribution is 2.15. The molecular formula is C11H25NO2S. The molecular weight excluding hydrogens is 210 g/mol. The Morgan fingerprint density at radius 1 is 1.27 bits per heavy atom. The first-order valence-corrected chi connectivity index (χ1v) is 7.58. The van der Waals surface area contributed by atoms with Crippen LogP contribution in [0.2, 0.25) is 0 Å². The summed E-state index contributed by atoms with van der Waals surface area (Å²) in [5.41, 5.74) is 0. The molecule has 4 heteroatoms. The summed E-state index contributed by atoms with van der Waals surface area (Å²) in [6.45, 7) is 6.98. The van der Waals surface area contributed by atoms with Crippen LogP contribution in [0.1, 0.15) is 33.6 Å². The lowest BCUT2D eigenvalue weighted by atomic mass is 9.95. The van der Waals surface area contributed by atoms with E-state index in [-0.39, 0.29) is 5.75 Å². The molecule has 0 saturated carbocycles. The second-order valence-electron chi connectivity index (χ2n) is 4.58. The van der Waals surface area contributed by atoms with Gasteiger partial charge in [-0.05, 0) is 38.3 Å². The first-order valence-electron chi connectivity index (χ1n) is 5.76. The van der Waals surface area contributed by atoms with Crippen molar-refractivity contribution < 1.29 is 8.42 Å². The summed E-state index contributed by atoms with van der Waals surface area (Å²) in [6, 6.07) is 0. The molecule has 0 saturated heterocycles. The van der Waals surface area contributed by atoms with E-state index in [0.717, 1.165) is 19.4 Å². The third kappa shape index (κ3) is 7.79.